The number of pyridine rings is 5. The fraction of sp³-hybridized carbons (Fsp3) is 0. The lowest BCUT2D eigenvalue weighted by Gasteiger charge is -2.13. The number of para-hydroxylation sites is 1. The van der Waals surface area contributed by atoms with Crippen molar-refractivity contribution in [1.82, 2.24) is 24.9 Å². The van der Waals surface area contributed by atoms with Crippen LogP contribution in [0.15, 0.2) is 176 Å². The minimum absolute atomic E-state index is 0.897. The number of benzene rings is 6. The Kier molecular flexibility index (Phi) is 6.79. The van der Waals surface area contributed by atoms with Gasteiger partial charge in [0.15, 0.2) is 0 Å². The molecule has 0 fully saturated rings. The summed E-state index contributed by atoms with van der Waals surface area (Å²) < 4.78 is 0. The zero-order chi connectivity index (χ0) is 35.6. The Morgan fingerprint density at radius 2 is 0.907 bits per heavy atom. The number of hydrogen-bond acceptors (Lipinski definition) is 5. The molecule has 250 valence electrons. The smallest absolute Gasteiger partial charge is 0.0972 e. The van der Waals surface area contributed by atoms with Gasteiger partial charge in [-0.1, -0.05) is 115 Å². The molecule has 0 bridgehead atoms. The van der Waals surface area contributed by atoms with Crippen molar-refractivity contribution in [2.24, 2.45) is 0 Å². The van der Waals surface area contributed by atoms with Gasteiger partial charge in [0.05, 0.1) is 44.7 Å². The Morgan fingerprint density at radius 1 is 0.315 bits per heavy atom. The lowest BCUT2D eigenvalue weighted by molar-refractivity contribution is 1.35. The normalized spacial score (nSPS) is 11.7. The van der Waals surface area contributed by atoms with Crippen LogP contribution in [0.5, 0.6) is 0 Å². The van der Waals surface area contributed by atoms with Gasteiger partial charge in [-0.25, -0.2) is 15.0 Å². The summed E-state index contributed by atoms with van der Waals surface area (Å²) in [6, 6.07) is 57.3. The molecule has 5 heterocycles. The van der Waals surface area contributed by atoms with Crippen molar-refractivity contribution in [3.63, 3.8) is 0 Å². The maximum Gasteiger partial charge on any atom is 0.0972 e. The quantitative estimate of drug-likeness (QED) is 0.172. The molecule has 5 nitrogen and oxygen atoms in total. The molecular weight excluding hydrogens is 659 g/mol. The summed E-state index contributed by atoms with van der Waals surface area (Å²) in [4.78, 5) is 24.8. The first-order valence-electron chi connectivity index (χ1n) is 18.1. The molecule has 0 aliphatic carbocycles. The predicted octanol–water partition coefficient (Wildman–Crippen LogP) is 12.2. The molecule has 0 aliphatic heterocycles. The van der Waals surface area contributed by atoms with Gasteiger partial charge in [-0.05, 0) is 70.4 Å². The maximum atomic E-state index is 5.20. The fourth-order valence-corrected chi connectivity index (χ4v) is 7.74. The summed E-state index contributed by atoms with van der Waals surface area (Å²) in [5.41, 5.74) is 12.8. The van der Waals surface area contributed by atoms with E-state index in [1.165, 1.54) is 5.39 Å². The third-order valence-corrected chi connectivity index (χ3v) is 10.5. The topological polar surface area (TPSA) is 64.5 Å². The van der Waals surface area contributed by atoms with Gasteiger partial charge in [0.2, 0.25) is 0 Å². The largest absolute Gasteiger partial charge is 0.256 e. The van der Waals surface area contributed by atoms with Crippen LogP contribution in [-0.4, -0.2) is 24.9 Å². The van der Waals surface area contributed by atoms with Crippen LogP contribution in [0.2, 0.25) is 0 Å². The molecule has 0 saturated heterocycles. The molecule has 0 amide bonds. The molecule has 54 heavy (non-hydrogen) atoms. The summed E-state index contributed by atoms with van der Waals surface area (Å²) in [6.45, 7) is 0. The van der Waals surface area contributed by atoms with Crippen molar-refractivity contribution < 1.29 is 0 Å². The van der Waals surface area contributed by atoms with Gasteiger partial charge in [-0.3, -0.25) is 9.97 Å². The van der Waals surface area contributed by atoms with Crippen LogP contribution in [-0.2, 0) is 0 Å². The van der Waals surface area contributed by atoms with Crippen LogP contribution >= 0.6 is 0 Å². The van der Waals surface area contributed by atoms with Gasteiger partial charge in [0.1, 0.15) is 0 Å². The summed E-state index contributed by atoms with van der Waals surface area (Å²) in [5.74, 6) is 0. The van der Waals surface area contributed by atoms with Crippen molar-refractivity contribution in [2.45, 2.75) is 0 Å². The van der Waals surface area contributed by atoms with Crippen LogP contribution < -0.4 is 0 Å². The SMILES string of the molecule is c1ccc2ncc(-c3ccc4ccc(-c5ccc6ccc(-c7ccc(-c8ccc9ccc%10cccnc%10c9n8)c8ccccc78)cc6n5)cc4n3)cc2c1. The third kappa shape index (κ3) is 5.06. The molecule has 0 saturated carbocycles. The minimum Gasteiger partial charge on any atom is -0.256 e. The second kappa shape index (κ2) is 12.1. The van der Waals surface area contributed by atoms with E-state index in [4.69, 9.17) is 15.0 Å². The van der Waals surface area contributed by atoms with Crippen LogP contribution in [0, 0.1) is 0 Å². The Bertz CT molecular complexity index is 3300. The molecule has 5 heteroatoms. The first-order valence-corrected chi connectivity index (χ1v) is 18.1. The van der Waals surface area contributed by atoms with E-state index in [0.717, 1.165) is 105 Å². The number of aromatic nitrogens is 5. The predicted molar refractivity (Wildman–Crippen MR) is 222 cm³/mol. The molecule has 0 aliphatic rings. The number of nitrogens with zero attached hydrogens (tertiary/aromatic N) is 5. The number of hydrogen-bond donors (Lipinski definition) is 0. The van der Waals surface area contributed by atoms with E-state index < -0.39 is 0 Å². The lowest BCUT2D eigenvalue weighted by Crippen LogP contribution is -1.91. The maximum absolute atomic E-state index is 5.20. The summed E-state index contributed by atoms with van der Waals surface area (Å²) in [6.07, 6.45) is 3.74. The van der Waals surface area contributed by atoms with Gasteiger partial charge >= 0.3 is 0 Å². The zero-order valence-electron chi connectivity index (χ0n) is 29.0. The van der Waals surface area contributed by atoms with E-state index in [2.05, 4.69) is 149 Å². The third-order valence-electron chi connectivity index (χ3n) is 10.5. The minimum atomic E-state index is 0.897. The Balaban J connectivity index is 0.975. The van der Waals surface area contributed by atoms with Gasteiger partial charge in [-0.15, -0.1) is 0 Å². The number of fused-ring (bicyclic) bond motifs is 7. The standard InChI is InChI=1S/C49H29N5/c1-4-10-42-35(6-1)26-37(29-51-42)44-23-18-31-12-16-36(28-47(31)53-44)43-22-17-30-11-15-34(27-46(30)52-43)38-20-21-41(40-9-3-2-8-39(38)40)45-24-19-33-14-13-32-7-5-25-50-48(32)49(33)54-45/h1-29H. The highest BCUT2D eigenvalue weighted by Crippen LogP contribution is 2.37. The second-order valence-corrected chi connectivity index (χ2v) is 13.7. The fourth-order valence-electron chi connectivity index (χ4n) is 7.74. The van der Waals surface area contributed by atoms with E-state index in [1.54, 1.807) is 0 Å². The molecule has 0 spiro atoms. The van der Waals surface area contributed by atoms with Gasteiger partial charge in [0.25, 0.3) is 0 Å². The molecular formula is C49H29N5. The number of rotatable bonds is 4. The molecule has 11 aromatic rings. The Morgan fingerprint density at radius 3 is 1.74 bits per heavy atom. The van der Waals surface area contributed by atoms with Crippen molar-refractivity contribution in [3.05, 3.63) is 176 Å². The van der Waals surface area contributed by atoms with E-state index in [-0.39, 0.29) is 0 Å². The Hall–Kier alpha value is -7.37. The second-order valence-electron chi connectivity index (χ2n) is 13.7. The van der Waals surface area contributed by atoms with Crippen LogP contribution in [0.1, 0.15) is 0 Å². The highest BCUT2D eigenvalue weighted by Gasteiger charge is 2.14. The Labute approximate surface area is 310 Å². The van der Waals surface area contributed by atoms with Crippen molar-refractivity contribution in [1.29, 1.82) is 0 Å². The summed E-state index contributed by atoms with van der Waals surface area (Å²) in [7, 11) is 0. The summed E-state index contributed by atoms with van der Waals surface area (Å²) in [5, 5.41) is 7.76. The van der Waals surface area contributed by atoms with Gasteiger partial charge in [0, 0.05) is 56.0 Å². The van der Waals surface area contributed by atoms with E-state index in [1.807, 2.05) is 36.7 Å². The monoisotopic (exact) mass is 687 g/mol. The summed E-state index contributed by atoms with van der Waals surface area (Å²) >= 11 is 0. The van der Waals surface area contributed by atoms with Gasteiger partial charge in [-0.2, -0.15) is 0 Å². The lowest BCUT2D eigenvalue weighted by atomic mass is 9.93. The average molecular weight is 688 g/mol. The van der Waals surface area contributed by atoms with Crippen LogP contribution in [0.25, 0.3) is 110 Å². The van der Waals surface area contributed by atoms with Crippen LogP contribution in [0.4, 0.5) is 0 Å². The molecule has 0 radical (unpaired) electrons. The zero-order valence-corrected chi connectivity index (χ0v) is 29.0. The molecule has 11 rings (SSSR count). The molecule has 5 aromatic heterocycles. The molecule has 0 unspecified atom stereocenters. The van der Waals surface area contributed by atoms with Crippen molar-refractivity contribution in [2.75, 3.05) is 0 Å². The molecule has 6 aromatic carbocycles. The first kappa shape index (κ1) is 30.3. The van der Waals surface area contributed by atoms with Crippen molar-refractivity contribution in [3.8, 4) is 44.9 Å². The van der Waals surface area contributed by atoms with E-state index in [0.29, 0.717) is 0 Å². The highest BCUT2D eigenvalue weighted by atomic mass is 14.8. The first-order chi connectivity index (χ1) is 26.7. The van der Waals surface area contributed by atoms with Gasteiger partial charge < -0.3 is 0 Å². The van der Waals surface area contributed by atoms with Crippen molar-refractivity contribution >= 4 is 65.3 Å². The average Bonchev–Trinajstić information content (AvgIpc) is 3.25. The van der Waals surface area contributed by atoms with E-state index in [9.17, 15) is 0 Å². The highest BCUT2D eigenvalue weighted by molar-refractivity contribution is 6.07. The molecule has 0 atom stereocenters. The van der Waals surface area contributed by atoms with Crippen LogP contribution in [0.3, 0.4) is 0 Å². The molecule has 0 N–H and O–H groups in total. The van der Waals surface area contributed by atoms with E-state index >= 15 is 0 Å².